The van der Waals surface area contributed by atoms with Crippen molar-refractivity contribution in [2.24, 2.45) is 0 Å². The molecular formula is C12H6ClN3O3S2. The van der Waals surface area contributed by atoms with Crippen LogP contribution in [0.25, 0.3) is 10.2 Å². The quantitative estimate of drug-likeness (QED) is 0.573. The van der Waals surface area contributed by atoms with Gasteiger partial charge < -0.3 is 5.32 Å². The molecule has 1 N–H and O–H groups in total. The van der Waals surface area contributed by atoms with Crippen molar-refractivity contribution in [3.63, 3.8) is 0 Å². The maximum absolute atomic E-state index is 12.1. The second kappa shape index (κ2) is 5.40. The molecule has 106 valence electrons. The minimum absolute atomic E-state index is 0.0138. The van der Waals surface area contributed by atoms with Gasteiger partial charge in [-0.1, -0.05) is 11.6 Å². The zero-order valence-corrected chi connectivity index (χ0v) is 12.6. The van der Waals surface area contributed by atoms with Gasteiger partial charge in [0, 0.05) is 11.8 Å². The molecule has 9 heteroatoms. The van der Waals surface area contributed by atoms with E-state index in [1.54, 1.807) is 17.6 Å². The Balaban J connectivity index is 1.85. The van der Waals surface area contributed by atoms with E-state index in [-0.39, 0.29) is 14.9 Å². The number of carbonyl (C=O) groups excluding carboxylic acids is 1. The number of carbonyl (C=O) groups is 1. The van der Waals surface area contributed by atoms with E-state index < -0.39 is 10.8 Å². The van der Waals surface area contributed by atoms with Gasteiger partial charge in [-0.3, -0.25) is 14.9 Å². The molecule has 0 saturated heterocycles. The molecule has 3 rings (SSSR count). The average Bonchev–Trinajstić information content (AvgIpc) is 3.04. The van der Waals surface area contributed by atoms with Crippen LogP contribution in [0.4, 0.5) is 11.4 Å². The summed E-state index contributed by atoms with van der Waals surface area (Å²) in [7, 11) is 0. The van der Waals surface area contributed by atoms with E-state index in [0.29, 0.717) is 5.69 Å². The molecule has 6 nitrogen and oxygen atoms in total. The van der Waals surface area contributed by atoms with Crippen LogP contribution >= 0.6 is 34.3 Å². The van der Waals surface area contributed by atoms with Gasteiger partial charge in [0.2, 0.25) is 0 Å². The van der Waals surface area contributed by atoms with E-state index in [1.807, 2.05) is 6.07 Å². The largest absolute Gasteiger partial charge is 0.321 e. The lowest BCUT2D eigenvalue weighted by Gasteiger charge is -2.02. The SMILES string of the molecule is O=C(Nc1ccc2scnc2c1)c1cc([N+](=O)[O-])c(Cl)s1. The first-order valence-electron chi connectivity index (χ1n) is 5.63. The van der Waals surface area contributed by atoms with Gasteiger partial charge in [0.25, 0.3) is 11.6 Å². The molecule has 21 heavy (non-hydrogen) atoms. The van der Waals surface area contributed by atoms with E-state index in [9.17, 15) is 14.9 Å². The normalized spacial score (nSPS) is 10.7. The van der Waals surface area contributed by atoms with E-state index in [2.05, 4.69) is 10.3 Å². The van der Waals surface area contributed by atoms with Crippen molar-refractivity contribution in [1.29, 1.82) is 0 Å². The second-order valence-corrected chi connectivity index (χ2v) is 6.56. The zero-order chi connectivity index (χ0) is 15.0. The van der Waals surface area contributed by atoms with Crippen LogP contribution in [0, 0.1) is 10.1 Å². The molecule has 0 aliphatic heterocycles. The number of nitrogens with one attached hydrogen (secondary N) is 1. The molecule has 0 fully saturated rings. The van der Waals surface area contributed by atoms with Crippen LogP contribution in [0.2, 0.25) is 4.34 Å². The molecule has 0 spiro atoms. The van der Waals surface area contributed by atoms with Crippen molar-refractivity contribution in [3.05, 3.63) is 49.1 Å². The molecular weight excluding hydrogens is 334 g/mol. The van der Waals surface area contributed by atoms with Crippen LogP contribution in [-0.2, 0) is 0 Å². The van der Waals surface area contributed by atoms with Gasteiger partial charge in [0.15, 0.2) is 4.34 Å². The summed E-state index contributed by atoms with van der Waals surface area (Å²) < 4.78 is 1.00. The number of hydrogen-bond donors (Lipinski definition) is 1. The lowest BCUT2D eigenvalue weighted by atomic mass is 10.3. The summed E-state index contributed by atoms with van der Waals surface area (Å²) >= 11 is 8.12. The van der Waals surface area contributed by atoms with Crippen LogP contribution < -0.4 is 5.32 Å². The van der Waals surface area contributed by atoms with Gasteiger partial charge in [-0.2, -0.15) is 0 Å². The van der Waals surface area contributed by atoms with Gasteiger partial charge in [0.05, 0.1) is 20.7 Å². The Morgan fingerprint density at radius 1 is 1.38 bits per heavy atom. The van der Waals surface area contributed by atoms with Crippen molar-refractivity contribution >= 4 is 61.8 Å². The van der Waals surface area contributed by atoms with Crippen molar-refractivity contribution < 1.29 is 9.72 Å². The van der Waals surface area contributed by atoms with Crippen LogP contribution in [0.1, 0.15) is 9.67 Å². The summed E-state index contributed by atoms with van der Waals surface area (Å²) in [5.74, 6) is -0.440. The average molecular weight is 340 g/mol. The van der Waals surface area contributed by atoms with Gasteiger partial charge in [-0.25, -0.2) is 4.98 Å². The van der Waals surface area contributed by atoms with Crippen LogP contribution in [0.3, 0.4) is 0 Å². The molecule has 0 unspecified atom stereocenters. The smallest absolute Gasteiger partial charge is 0.299 e. The Bertz CT molecular complexity index is 858. The number of hydrogen-bond acceptors (Lipinski definition) is 6. The molecule has 0 aliphatic carbocycles. The number of aromatic nitrogens is 1. The summed E-state index contributed by atoms with van der Waals surface area (Å²) in [6.07, 6.45) is 0. The van der Waals surface area contributed by atoms with Crippen LogP contribution in [-0.4, -0.2) is 15.8 Å². The van der Waals surface area contributed by atoms with Crippen molar-refractivity contribution in [3.8, 4) is 0 Å². The maximum atomic E-state index is 12.1. The van der Waals surface area contributed by atoms with Crippen LogP contribution in [0.5, 0.6) is 0 Å². The summed E-state index contributed by atoms with van der Waals surface area (Å²) in [5, 5.41) is 13.4. The summed E-state index contributed by atoms with van der Waals surface area (Å²) in [6, 6.07) is 6.52. The predicted molar refractivity (Wildman–Crippen MR) is 83.6 cm³/mol. The highest BCUT2D eigenvalue weighted by atomic mass is 35.5. The fraction of sp³-hybridized carbons (Fsp3) is 0. The summed E-state index contributed by atoms with van der Waals surface area (Å²) in [6.45, 7) is 0. The molecule has 0 bridgehead atoms. The van der Waals surface area contributed by atoms with E-state index >= 15 is 0 Å². The molecule has 1 amide bonds. The Hall–Kier alpha value is -2.03. The third-order valence-corrected chi connectivity index (χ3v) is 4.82. The van der Waals surface area contributed by atoms with Gasteiger partial charge in [0.1, 0.15) is 4.88 Å². The number of rotatable bonds is 3. The Kier molecular flexibility index (Phi) is 3.58. The molecule has 2 aromatic heterocycles. The van der Waals surface area contributed by atoms with E-state index in [0.717, 1.165) is 21.6 Å². The number of thiazole rings is 1. The number of thiophene rings is 1. The van der Waals surface area contributed by atoms with Crippen LogP contribution in [0.15, 0.2) is 29.8 Å². The van der Waals surface area contributed by atoms with Gasteiger partial charge in [-0.15, -0.1) is 22.7 Å². The lowest BCUT2D eigenvalue weighted by molar-refractivity contribution is -0.384. The summed E-state index contributed by atoms with van der Waals surface area (Å²) in [4.78, 5) is 26.5. The van der Waals surface area contributed by atoms with E-state index in [4.69, 9.17) is 11.6 Å². The monoisotopic (exact) mass is 339 g/mol. The first-order chi connectivity index (χ1) is 10.0. The zero-order valence-electron chi connectivity index (χ0n) is 10.2. The van der Waals surface area contributed by atoms with Gasteiger partial charge >= 0.3 is 0 Å². The van der Waals surface area contributed by atoms with Crippen molar-refractivity contribution in [1.82, 2.24) is 4.98 Å². The number of benzene rings is 1. The molecule has 3 aromatic rings. The van der Waals surface area contributed by atoms with Gasteiger partial charge in [-0.05, 0) is 18.2 Å². The topological polar surface area (TPSA) is 85.1 Å². The third-order valence-electron chi connectivity index (χ3n) is 2.68. The molecule has 0 saturated carbocycles. The highest BCUT2D eigenvalue weighted by molar-refractivity contribution is 7.18. The second-order valence-electron chi connectivity index (χ2n) is 4.02. The lowest BCUT2D eigenvalue weighted by Crippen LogP contribution is -2.09. The van der Waals surface area contributed by atoms with Crippen molar-refractivity contribution in [2.75, 3.05) is 5.32 Å². The number of fused-ring (bicyclic) bond motifs is 1. The maximum Gasteiger partial charge on any atom is 0.299 e. The first kappa shape index (κ1) is 13.9. The highest BCUT2D eigenvalue weighted by Gasteiger charge is 2.21. The minimum atomic E-state index is -0.614. The molecule has 0 aliphatic rings. The summed E-state index contributed by atoms with van der Waals surface area (Å²) in [5.41, 5.74) is 2.82. The first-order valence-corrected chi connectivity index (χ1v) is 7.70. The highest BCUT2D eigenvalue weighted by Crippen LogP contribution is 2.34. The molecule has 2 heterocycles. The number of halogens is 1. The number of amides is 1. The molecule has 0 radical (unpaired) electrons. The predicted octanol–water partition coefficient (Wildman–Crippen LogP) is 4.17. The number of nitrogens with zero attached hydrogens (tertiary/aromatic N) is 2. The Labute approximate surface area is 131 Å². The fourth-order valence-electron chi connectivity index (χ4n) is 1.72. The van der Waals surface area contributed by atoms with Crippen molar-refractivity contribution in [2.45, 2.75) is 0 Å². The minimum Gasteiger partial charge on any atom is -0.321 e. The number of anilines is 1. The molecule has 0 atom stereocenters. The fourth-order valence-corrected chi connectivity index (χ4v) is 3.50. The Morgan fingerprint density at radius 2 is 2.19 bits per heavy atom. The number of nitro groups is 1. The van der Waals surface area contributed by atoms with E-state index in [1.165, 1.54) is 17.4 Å². The standard InChI is InChI=1S/C12H6ClN3O3S2/c13-11-8(16(18)19)4-10(21-11)12(17)15-6-1-2-9-7(3-6)14-5-20-9/h1-5H,(H,15,17). The molecule has 1 aromatic carbocycles. The third kappa shape index (κ3) is 2.73. The Morgan fingerprint density at radius 3 is 2.90 bits per heavy atom.